The third-order valence-corrected chi connectivity index (χ3v) is 3.52. The van der Waals surface area contributed by atoms with Gasteiger partial charge in [0.15, 0.2) is 0 Å². The van der Waals surface area contributed by atoms with Crippen molar-refractivity contribution in [2.45, 2.75) is 25.4 Å². The monoisotopic (exact) mass is 313 g/mol. The summed E-state index contributed by atoms with van der Waals surface area (Å²) in [5.74, 6) is 1.40. The normalized spacial score (nSPS) is 17.3. The van der Waals surface area contributed by atoms with Crippen LogP contribution in [0.4, 0.5) is 0 Å². The minimum atomic E-state index is -0.311. The minimum absolute atomic E-state index is 0. The summed E-state index contributed by atoms with van der Waals surface area (Å²) in [7, 11) is 3.16. The van der Waals surface area contributed by atoms with E-state index < -0.39 is 0 Å². The summed E-state index contributed by atoms with van der Waals surface area (Å²) in [6.07, 6.45) is 1.04. The Bertz CT molecular complexity index is 536. The molecule has 116 valence electrons. The third-order valence-electron chi connectivity index (χ3n) is 3.52. The van der Waals surface area contributed by atoms with Crippen LogP contribution in [-0.2, 0) is 11.3 Å². The maximum atomic E-state index is 11.9. The number of carbonyl (C=O) groups is 1. The SMILES string of the molecule is COc1ccc(CN2C(=O)CCC2C(=N)N)c(OC)c1.Cl. The van der Waals surface area contributed by atoms with E-state index >= 15 is 0 Å². The van der Waals surface area contributed by atoms with Crippen LogP contribution >= 0.6 is 12.4 Å². The van der Waals surface area contributed by atoms with Crippen molar-refractivity contribution in [2.75, 3.05) is 14.2 Å². The lowest BCUT2D eigenvalue weighted by molar-refractivity contribution is -0.128. The smallest absolute Gasteiger partial charge is 0.223 e. The summed E-state index contributed by atoms with van der Waals surface area (Å²) in [4.78, 5) is 13.6. The van der Waals surface area contributed by atoms with Gasteiger partial charge in [-0.15, -0.1) is 12.4 Å². The molecule has 1 fully saturated rings. The first kappa shape index (κ1) is 17.1. The van der Waals surface area contributed by atoms with E-state index in [2.05, 4.69) is 0 Å². The number of likely N-dealkylation sites (tertiary alicyclic amines) is 1. The van der Waals surface area contributed by atoms with Gasteiger partial charge in [-0.25, -0.2) is 0 Å². The number of nitrogens with zero attached hydrogens (tertiary/aromatic N) is 1. The van der Waals surface area contributed by atoms with Crippen LogP contribution in [0.2, 0.25) is 0 Å². The van der Waals surface area contributed by atoms with Gasteiger partial charge in [0.25, 0.3) is 0 Å². The molecular formula is C14H20ClN3O3. The van der Waals surface area contributed by atoms with Crippen LogP contribution < -0.4 is 15.2 Å². The van der Waals surface area contributed by atoms with Gasteiger partial charge in [-0.2, -0.15) is 0 Å². The molecule has 0 aliphatic carbocycles. The van der Waals surface area contributed by atoms with Crippen molar-refractivity contribution in [3.05, 3.63) is 23.8 Å². The number of ether oxygens (including phenoxy) is 2. The first-order chi connectivity index (χ1) is 9.56. The fraction of sp³-hybridized carbons (Fsp3) is 0.429. The highest BCUT2D eigenvalue weighted by Crippen LogP contribution is 2.28. The number of amidine groups is 1. The number of halogens is 1. The molecule has 0 aromatic heterocycles. The van der Waals surface area contributed by atoms with Gasteiger partial charge in [-0.1, -0.05) is 0 Å². The molecule has 1 heterocycles. The molecule has 0 bridgehead atoms. The van der Waals surface area contributed by atoms with Crippen molar-refractivity contribution in [3.8, 4) is 11.5 Å². The molecule has 2 rings (SSSR count). The van der Waals surface area contributed by atoms with Crippen LogP contribution in [0.3, 0.4) is 0 Å². The van der Waals surface area contributed by atoms with Crippen molar-refractivity contribution in [1.82, 2.24) is 4.90 Å². The Hall–Kier alpha value is -1.95. The fourth-order valence-corrected chi connectivity index (χ4v) is 2.42. The number of rotatable bonds is 5. The van der Waals surface area contributed by atoms with Gasteiger partial charge < -0.3 is 20.1 Å². The van der Waals surface area contributed by atoms with Crippen LogP contribution in [-0.4, -0.2) is 36.9 Å². The minimum Gasteiger partial charge on any atom is -0.497 e. The second-order valence-electron chi connectivity index (χ2n) is 4.71. The molecule has 0 spiro atoms. The molecule has 1 amide bonds. The molecule has 1 saturated heterocycles. The Balaban J connectivity index is 0.00000220. The maximum absolute atomic E-state index is 11.9. The Morgan fingerprint density at radius 2 is 2.14 bits per heavy atom. The van der Waals surface area contributed by atoms with Crippen molar-refractivity contribution in [2.24, 2.45) is 5.73 Å². The van der Waals surface area contributed by atoms with Crippen LogP contribution in [0, 0.1) is 5.41 Å². The lowest BCUT2D eigenvalue weighted by Crippen LogP contribution is -2.41. The zero-order chi connectivity index (χ0) is 14.7. The van der Waals surface area contributed by atoms with E-state index in [4.69, 9.17) is 20.6 Å². The second-order valence-corrected chi connectivity index (χ2v) is 4.71. The van der Waals surface area contributed by atoms with Gasteiger partial charge in [0.1, 0.15) is 17.3 Å². The molecule has 1 atom stereocenters. The van der Waals surface area contributed by atoms with Gasteiger partial charge in [-0.3, -0.25) is 10.2 Å². The molecule has 1 aromatic carbocycles. The predicted molar refractivity (Wildman–Crippen MR) is 82.3 cm³/mol. The number of nitrogens with one attached hydrogen (secondary N) is 1. The quantitative estimate of drug-likeness (QED) is 0.637. The molecule has 0 saturated carbocycles. The molecule has 3 N–H and O–H groups in total. The largest absolute Gasteiger partial charge is 0.497 e. The van der Waals surface area contributed by atoms with Crippen molar-refractivity contribution >= 4 is 24.1 Å². The molecule has 1 aliphatic rings. The molecule has 1 unspecified atom stereocenters. The van der Waals surface area contributed by atoms with Crippen LogP contribution in [0.1, 0.15) is 18.4 Å². The van der Waals surface area contributed by atoms with Gasteiger partial charge in [0.2, 0.25) is 5.91 Å². The number of hydrogen-bond donors (Lipinski definition) is 2. The standard InChI is InChI=1S/C14H19N3O3.ClH/c1-19-10-4-3-9(12(7-10)20-2)8-17-11(14(15)16)5-6-13(17)18;/h3-4,7,11H,5-6,8H2,1-2H3,(H3,15,16);1H. The second kappa shape index (κ2) is 7.17. The van der Waals surface area contributed by atoms with Crippen LogP contribution in [0.5, 0.6) is 11.5 Å². The summed E-state index contributed by atoms with van der Waals surface area (Å²) < 4.78 is 10.5. The number of amides is 1. The first-order valence-electron chi connectivity index (χ1n) is 6.41. The number of hydrogen-bond acceptors (Lipinski definition) is 4. The van der Waals surface area contributed by atoms with Crippen molar-refractivity contribution in [3.63, 3.8) is 0 Å². The summed E-state index contributed by atoms with van der Waals surface area (Å²) >= 11 is 0. The highest BCUT2D eigenvalue weighted by atomic mass is 35.5. The van der Waals surface area contributed by atoms with Crippen LogP contribution in [0.25, 0.3) is 0 Å². The molecule has 7 heteroatoms. The summed E-state index contributed by atoms with van der Waals surface area (Å²) in [5, 5.41) is 7.57. The van der Waals surface area contributed by atoms with E-state index in [-0.39, 0.29) is 30.2 Å². The highest BCUT2D eigenvalue weighted by molar-refractivity contribution is 5.91. The van der Waals surface area contributed by atoms with Gasteiger partial charge >= 0.3 is 0 Å². The Labute approximate surface area is 130 Å². The highest BCUT2D eigenvalue weighted by Gasteiger charge is 2.33. The molecule has 0 radical (unpaired) electrons. The number of methoxy groups -OCH3 is 2. The van der Waals surface area contributed by atoms with Gasteiger partial charge in [-0.05, 0) is 18.6 Å². The van der Waals surface area contributed by atoms with E-state index in [1.54, 1.807) is 25.2 Å². The topological polar surface area (TPSA) is 88.6 Å². The lowest BCUT2D eigenvalue weighted by Gasteiger charge is -2.24. The Morgan fingerprint density at radius 3 is 2.71 bits per heavy atom. The van der Waals surface area contributed by atoms with E-state index in [9.17, 15) is 4.79 Å². The van der Waals surface area contributed by atoms with E-state index in [1.807, 2.05) is 12.1 Å². The predicted octanol–water partition coefficient (Wildman–Crippen LogP) is 1.55. The third kappa shape index (κ3) is 3.58. The first-order valence-corrected chi connectivity index (χ1v) is 6.41. The molecule has 6 nitrogen and oxygen atoms in total. The molecule has 21 heavy (non-hydrogen) atoms. The number of nitrogens with two attached hydrogens (primary N) is 1. The zero-order valence-corrected chi connectivity index (χ0v) is 12.9. The zero-order valence-electron chi connectivity index (χ0n) is 12.1. The molecule has 1 aliphatic heterocycles. The fourth-order valence-electron chi connectivity index (χ4n) is 2.42. The average molecular weight is 314 g/mol. The van der Waals surface area contributed by atoms with Gasteiger partial charge in [0, 0.05) is 18.1 Å². The van der Waals surface area contributed by atoms with Gasteiger partial charge in [0.05, 0.1) is 26.8 Å². The van der Waals surface area contributed by atoms with E-state index in [0.717, 1.165) is 5.56 Å². The number of benzene rings is 1. The van der Waals surface area contributed by atoms with Crippen molar-refractivity contribution in [1.29, 1.82) is 5.41 Å². The summed E-state index contributed by atoms with van der Waals surface area (Å²) in [6, 6.07) is 5.15. The molecular weight excluding hydrogens is 294 g/mol. The van der Waals surface area contributed by atoms with Crippen LogP contribution in [0.15, 0.2) is 18.2 Å². The maximum Gasteiger partial charge on any atom is 0.223 e. The Morgan fingerprint density at radius 1 is 1.43 bits per heavy atom. The van der Waals surface area contributed by atoms with E-state index in [0.29, 0.717) is 30.9 Å². The lowest BCUT2D eigenvalue weighted by atomic mass is 10.1. The average Bonchev–Trinajstić information content (AvgIpc) is 2.81. The molecule has 1 aromatic rings. The number of carbonyl (C=O) groups excluding carboxylic acids is 1. The summed E-state index contributed by atoms with van der Waals surface area (Å²) in [5.41, 5.74) is 6.43. The Kier molecular flexibility index (Phi) is 5.84. The van der Waals surface area contributed by atoms with Crippen molar-refractivity contribution < 1.29 is 14.3 Å². The summed E-state index contributed by atoms with van der Waals surface area (Å²) in [6.45, 7) is 0.385. The van der Waals surface area contributed by atoms with E-state index in [1.165, 1.54) is 0 Å².